The van der Waals surface area contributed by atoms with Crippen LogP contribution in [-0.4, -0.2) is 106 Å². The smallest absolute Gasteiger partial charge is 0.407 e. The quantitative estimate of drug-likeness (QED) is 0.0259. The Morgan fingerprint density at radius 3 is 1.33 bits per heavy atom. The van der Waals surface area contributed by atoms with Gasteiger partial charge in [-0.2, -0.15) is 23.5 Å². The molecule has 4 amide bonds. The van der Waals surface area contributed by atoms with Gasteiger partial charge in [0.1, 0.15) is 23.3 Å². The standard InChI is InChI=1S/C53H88N4O10S2/c1-38(2)18-13-19-39(3)21-15-24-42(6)29-34-68-36-44(48(60)61)56-46(58)26-17-32-54-51(65)67-53(11,12)31-27-41(5)23-14-20-40(4)22-16-25-43(7)30-35-69-37-45(49(62)63)57-47(59)28-33-55-50(64)66-52(8,9)10/h18,21-23,29-30,44-45H,13-17,19-20,24-28,31-37H2,1-12H3,(H,54,65)(H,55,64)(H,56,58)(H,57,59)(H,60,61)(H,62,63). The summed E-state index contributed by atoms with van der Waals surface area (Å²) in [6.45, 7) is 23.9. The summed E-state index contributed by atoms with van der Waals surface area (Å²) in [5, 5.41) is 29.6. The molecule has 0 saturated carbocycles. The number of carboxylic acid groups (broad SMARTS) is 2. The van der Waals surface area contributed by atoms with E-state index in [1.165, 1.54) is 57.0 Å². The van der Waals surface area contributed by atoms with Crippen molar-refractivity contribution in [2.24, 2.45) is 0 Å². The number of thioether (sulfide) groups is 2. The maximum absolute atomic E-state index is 12.5. The molecule has 0 aromatic heterocycles. The van der Waals surface area contributed by atoms with Gasteiger partial charge in [-0.25, -0.2) is 19.2 Å². The molecule has 6 N–H and O–H groups in total. The van der Waals surface area contributed by atoms with Gasteiger partial charge in [0.05, 0.1) is 0 Å². The summed E-state index contributed by atoms with van der Waals surface area (Å²) in [5.41, 5.74) is 6.35. The molecule has 0 aliphatic rings. The van der Waals surface area contributed by atoms with Gasteiger partial charge in [0, 0.05) is 48.9 Å². The van der Waals surface area contributed by atoms with Crippen LogP contribution in [0, 0.1) is 0 Å². The van der Waals surface area contributed by atoms with Crippen LogP contribution in [0.1, 0.15) is 167 Å². The van der Waals surface area contributed by atoms with Gasteiger partial charge < -0.3 is 41.0 Å². The second kappa shape index (κ2) is 36.5. The van der Waals surface area contributed by atoms with Gasteiger partial charge in [-0.15, -0.1) is 0 Å². The molecule has 0 aromatic rings. The van der Waals surface area contributed by atoms with Crippen molar-refractivity contribution in [3.05, 3.63) is 69.9 Å². The van der Waals surface area contributed by atoms with Gasteiger partial charge in [-0.05, 0) is 154 Å². The third kappa shape index (κ3) is 39.0. The average Bonchev–Trinajstić information content (AvgIpc) is 3.22. The predicted molar refractivity (Wildman–Crippen MR) is 285 cm³/mol. The number of ether oxygens (including phenoxy) is 2. The minimum Gasteiger partial charge on any atom is -0.480 e. The van der Waals surface area contributed by atoms with E-state index in [1.807, 2.05) is 13.8 Å². The second-order valence-electron chi connectivity index (χ2n) is 19.5. The zero-order valence-electron chi connectivity index (χ0n) is 44.0. The van der Waals surface area contributed by atoms with E-state index >= 15 is 0 Å². The maximum Gasteiger partial charge on any atom is 0.407 e. The van der Waals surface area contributed by atoms with Crippen LogP contribution in [0.2, 0.25) is 0 Å². The van der Waals surface area contributed by atoms with Crippen molar-refractivity contribution in [2.45, 2.75) is 190 Å². The number of rotatable bonds is 35. The zero-order chi connectivity index (χ0) is 52.4. The number of amides is 4. The van der Waals surface area contributed by atoms with E-state index in [4.69, 9.17) is 9.47 Å². The molecule has 392 valence electrons. The number of allylic oxidation sites excluding steroid dienone is 10. The molecule has 0 aromatic carbocycles. The van der Waals surface area contributed by atoms with Gasteiger partial charge in [0.25, 0.3) is 0 Å². The maximum atomic E-state index is 12.5. The van der Waals surface area contributed by atoms with E-state index in [1.54, 1.807) is 20.8 Å². The highest BCUT2D eigenvalue weighted by atomic mass is 32.2. The van der Waals surface area contributed by atoms with Gasteiger partial charge >= 0.3 is 24.1 Å². The molecule has 0 heterocycles. The van der Waals surface area contributed by atoms with Crippen LogP contribution in [0.15, 0.2) is 69.9 Å². The Kier molecular flexibility index (Phi) is 34.1. The highest BCUT2D eigenvalue weighted by Gasteiger charge is 2.24. The zero-order valence-corrected chi connectivity index (χ0v) is 45.7. The van der Waals surface area contributed by atoms with Gasteiger partial charge in [0.2, 0.25) is 11.8 Å². The van der Waals surface area contributed by atoms with Crippen molar-refractivity contribution in [3.8, 4) is 0 Å². The summed E-state index contributed by atoms with van der Waals surface area (Å²) in [6.07, 6.45) is 21.5. The number of hydrogen-bond donors (Lipinski definition) is 6. The van der Waals surface area contributed by atoms with Crippen LogP contribution in [0.3, 0.4) is 0 Å². The molecule has 2 unspecified atom stereocenters. The summed E-state index contributed by atoms with van der Waals surface area (Å²) in [5.74, 6) is -1.25. The van der Waals surface area contributed by atoms with Gasteiger partial charge in [-0.3, -0.25) is 9.59 Å². The van der Waals surface area contributed by atoms with E-state index < -0.39 is 53.3 Å². The average molecular weight is 1010 g/mol. The Bertz CT molecular complexity index is 1810. The van der Waals surface area contributed by atoms with E-state index in [9.17, 15) is 39.0 Å². The first-order valence-electron chi connectivity index (χ1n) is 24.3. The second-order valence-corrected chi connectivity index (χ2v) is 21.7. The molecule has 0 aliphatic heterocycles. The fourth-order valence-electron chi connectivity index (χ4n) is 6.26. The first-order valence-corrected chi connectivity index (χ1v) is 26.6. The molecule has 14 nitrogen and oxygen atoms in total. The van der Waals surface area contributed by atoms with Crippen molar-refractivity contribution >= 4 is 59.5 Å². The minimum absolute atomic E-state index is 0.0380. The normalized spacial score (nSPS) is 13.8. The van der Waals surface area contributed by atoms with E-state index in [0.717, 1.165) is 57.8 Å². The first kappa shape index (κ1) is 64.6. The summed E-state index contributed by atoms with van der Waals surface area (Å²) in [7, 11) is 0. The molecule has 0 radical (unpaired) electrons. The third-order valence-electron chi connectivity index (χ3n) is 10.5. The number of alkyl carbamates (subject to hydrolysis) is 2. The fourth-order valence-corrected chi connectivity index (χ4v) is 8.26. The molecule has 0 saturated heterocycles. The molecule has 0 bridgehead atoms. The number of carbonyl (C=O) groups excluding carboxylic acids is 4. The molecule has 0 fully saturated rings. The summed E-state index contributed by atoms with van der Waals surface area (Å²) >= 11 is 2.90. The first-order chi connectivity index (χ1) is 32.3. The Morgan fingerprint density at radius 1 is 0.507 bits per heavy atom. The summed E-state index contributed by atoms with van der Waals surface area (Å²) < 4.78 is 10.8. The fraction of sp³-hybridized carbons (Fsp3) is 0.660. The molecule has 69 heavy (non-hydrogen) atoms. The molecule has 0 rings (SSSR count). The summed E-state index contributed by atoms with van der Waals surface area (Å²) in [6, 6.07) is -2.02. The van der Waals surface area contributed by atoms with Crippen LogP contribution in [-0.2, 0) is 28.7 Å². The van der Waals surface area contributed by atoms with Crippen LogP contribution < -0.4 is 21.3 Å². The highest BCUT2D eigenvalue weighted by molar-refractivity contribution is 7.99. The lowest BCUT2D eigenvalue weighted by Crippen LogP contribution is -2.43. The third-order valence-corrected chi connectivity index (χ3v) is 12.4. The number of carboxylic acids is 2. The van der Waals surface area contributed by atoms with Crippen molar-refractivity contribution in [1.82, 2.24) is 21.3 Å². The molecule has 2 atom stereocenters. The van der Waals surface area contributed by atoms with Crippen LogP contribution >= 0.6 is 23.5 Å². The Labute approximate surface area is 423 Å². The van der Waals surface area contributed by atoms with Crippen molar-refractivity contribution in [1.29, 1.82) is 0 Å². The van der Waals surface area contributed by atoms with Gasteiger partial charge in [-0.1, -0.05) is 69.9 Å². The number of carbonyl (C=O) groups is 6. The molecular formula is C53H88N4O10S2. The van der Waals surface area contributed by atoms with Gasteiger partial charge in [0.15, 0.2) is 0 Å². The van der Waals surface area contributed by atoms with Crippen LogP contribution in [0.4, 0.5) is 9.59 Å². The van der Waals surface area contributed by atoms with Crippen molar-refractivity contribution < 1.29 is 48.5 Å². The Morgan fingerprint density at radius 2 is 0.899 bits per heavy atom. The van der Waals surface area contributed by atoms with Crippen LogP contribution in [0.25, 0.3) is 0 Å². The number of aliphatic carboxylic acids is 2. The number of nitrogens with one attached hydrogen (secondary N) is 4. The Hall–Kier alpha value is -4.44. The van der Waals surface area contributed by atoms with E-state index in [0.29, 0.717) is 24.3 Å². The SMILES string of the molecule is CC(C)=CCCC(C)=CCCC(C)=CCSCC(NC(=O)CCCNC(=O)OC(C)(C)CCC(C)=CCCC(C)=CCCC(C)=CCSCC(NC(=O)CCNC(=O)OC(C)(C)C)C(=O)O)C(=O)O. The molecule has 0 spiro atoms. The predicted octanol–water partition coefficient (Wildman–Crippen LogP) is 11.4. The monoisotopic (exact) mass is 1000 g/mol. The molecule has 0 aliphatic carbocycles. The van der Waals surface area contributed by atoms with E-state index in [-0.39, 0.29) is 43.3 Å². The molecular weight excluding hydrogens is 917 g/mol. The van der Waals surface area contributed by atoms with E-state index in [2.05, 4.69) is 106 Å². The minimum atomic E-state index is -1.11. The topological polar surface area (TPSA) is 209 Å². The number of hydrogen-bond acceptors (Lipinski definition) is 10. The Balaban J connectivity index is 4.44. The van der Waals surface area contributed by atoms with Crippen LogP contribution in [0.5, 0.6) is 0 Å². The largest absolute Gasteiger partial charge is 0.480 e. The lowest BCUT2D eigenvalue weighted by atomic mass is 9.98. The summed E-state index contributed by atoms with van der Waals surface area (Å²) in [4.78, 5) is 72.6. The van der Waals surface area contributed by atoms with Crippen molar-refractivity contribution in [3.63, 3.8) is 0 Å². The lowest BCUT2D eigenvalue weighted by Gasteiger charge is -2.25. The van der Waals surface area contributed by atoms with Crippen molar-refractivity contribution in [2.75, 3.05) is 36.1 Å². The lowest BCUT2D eigenvalue weighted by molar-refractivity contribution is -0.141. The highest BCUT2D eigenvalue weighted by Crippen LogP contribution is 2.22. The molecule has 16 heteroatoms.